The lowest BCUT2D eigenvalue weighted by Gasteiger charge is -2.29. The van der Waals surface area contributed by atoms with E-state index < -0.39 is 0 Å². The van der Waals surface area contributed by atoms with Crippen molar-refractivity contribution in [2.24, 2.45) is 11.3 Å². The number of fused-ring (bicyclic) bond motifs is 1. The van der Waals surface area contributed by atoms with Gasteiger partial charge in [-0.05, 0) is 36.7 Å². The number of nitrogens with zero attached hydrogens (tertiary/aromatic N) is 4. The normalized spacial score (nSPS) is 20.9. The van der Waals surface area contributed by atoms with Crippen LogP contribution in [0.3, 0.4) is 0 Å². The first kappa shape index (κ1) is 24.5. The molecule has 5 rings (SSSR count). The Kier molecular flexibility index (Phi) is 6.86. The summed E-state index contributed by atoms with van der Waals surface area (Å²) in [6.07, 6.45) is 4.85. The molecule has 1 atom stereocenters. The van der Waals surface area contributed by atoms with Crippen molar-refractivity contribution in [3.05, 3.63) is 52.8 Å². The minimum Gasteiger partial charge on any atom is -0.354 e. The van der Waals surface area contributed by atoms with E-state index in [-0.39, 0.29) is 29.1 Å². The summed E-state index contributed by atoms with van der Waals surface area (Å²) in [5.74, 6) is 0.157. The number of aryl methyl sites for hydroxylation is 2. The van der Waals surface area contributed by atoms with Gasteiger partial charge < -0.3 is 15.1 Å². The number of amides is 3. The van der Waals surface area contributed by atoms with E-state index in [0.717, 1.165) is 36.9 Å². The maximum Gasteiger partial charge on any atom is 0.274 e. The van der Waals surface area contributed by atoms with Crippen molar-refractivity contribution in [3.63, 3.8) is 0 Å². The molecule has 2 aliphatic heterocycles. The minimum absolute atomic E-state index is 0.0303. The second-order valence-electron chi connectivity index (χ2n) is 10.5. The molecular weight excluding hydrogens is 454 g/mol. The summed E-state index contributed by atoms with van der Waals surface area (Å²) in [7, 11) is 0. The number of carbonyl (C=O) groups is 3. The molecule has 1 aromatic heterocycles. The van der Waals surface area contributed by atoms with Crippen LogP contribution in [-0.2, 0) is 35.5 Å². The standard InChI is InChI=1S/C28H37N5O3/c1-3-28(4-2)18-22(28)26(35)32-14-11-23-21(19-32)25(27(36)31-15-12-24(34)29-13-17-31)30-33(23)16-10-20-8-6-5-7-9-20/h5-9,22H,3-4,10-19H2,1-2H3,(H,29,34)/t22-/m1/s1. The fourth-order valence-corrected chi connectivity index (χ4v) is 5.98. The molecule has 0 unspecified atom stereocenters. The van der Waals surface area contributed by atoms with E-state index in [4.69, 9.17) is 5.10 Å². The van der Waals surface area contributed by atoms with Gasteiger partial charge in [0.2, 0.25) is 11.8 Å². The Bertz CT molecular complexity index is 1140. The highest BCUT2D eigenvalue weighted by atomic mass is 16.2. The lowest BCUT2D eigenvalue weighted by atomic mass is 9.96. The molecular formula is C28H37N5O3. The largest absolute Gasteiger partial charge is 0.354 e. The third kappa shape index (κ3) is 4.65. The van der Waals surface area contributed by atoms with Crippen LogP contribution >= 0.6 is 0 Å². The molecule has 3 aliphatic rings. The second-order valence-corrected chi connectivity index (χ2v) is 10.5. The van der Waals surface area contributed by atoms with Crippen LogP contribution in [-0.4, -0.2) is 63.5 Å². The second kappa shape index (κ2) is 10.1. The highest BCUT2D eigenvalue weighted by Gasteiger charge is 2.56. The lowest BCUT2D eigenvalue weighted by Crippen LogP contribution is -2.39. The fourth-order valence-electron chi connectivity index (χ4n) is 5.98. The summed E-state index contributed by atoms with van der Waals surface area (Å²) in [6, 6.07) is 10.3. The first-order valence-corrected chi connectivity index (χ1v) is 13.4. The number of hydrogen-bond donors (Lipinski definition) is 1. The molecule has 8 heteroatoms. The third-order valence-electron chi connectivity index (χ3n) is 8.60. The van der Waals surface area contributed by atoms with Crippen molar-refractivity contribution < 1.29 is 14.4 Å². The average Bonchev–Trinajstić information content (AvgIpc) is 3.60. The van der Waals surface area contributed by atoms with Gasteiger partial charge in [-0.25, -0.2) is 0 Å². The Labute approximate surface area is 213 Å². The van der Waals surface area contributed by atoms with Crippen molar-refractivity contribution in [3.8, 4) is 0 Å². The highest BCUT2D eigenvalue weighted by molar-refractivity contribution is 5.95. The van der Waals surface area contributed by atoms with E-state index in [2.05, 4.69) is 31.3 Å². The molecule has 1 N–H and O–H groups in total. The van der Waals surface area contributed by atoms with Gasteiger partial charge in [0, 0.05) is 69.3 Å². The molecule has 0 spiro atoms. The average molecular weight is 492 g/mol. The van der Waals surface area contributed by atoms with Gasteiger partial charge in [-0.2, -0.15) is 5.10 Å². The zero-order chi connectivity index (χ0) is 25.3. The molecule has 0 radical (unpaired) electrons. The fraction of sp³-hybridized carbons (Fsp3) is 0.571. The Morgan fingerprint density at radius 3 is 2.53 bits per heavy atom. The molecule has 192 valence electrons. The van der Waals surface area contributed by atoms with Crippen LogP contribution in [0.4, 0.5) is 0 Å². The van der Waals surface area contributed by atoms with Gasteiger partial charge in [-0.1, -0.05) is 44.2 Å². The van der Waals surface area contributed by atoms with E-state index in [1.165, 1.54) is 5.56 Å². The maximum absolute atomic E-state index is 13.6. The van der Waals surface area contributed by atoms with Crippen LogP contribution in [0.5, 0.6) is 0 Å². The molecule has 3 amide bonds. The quantitative estimate of drug-likeness (QED) is 0.645. The third-order valence-corrected chi connectivity index (χ3v) is 8.60. The van der Waals surface area contributed by atoms with Gasteiger partial charge in [-0.15, -0.1) is 0 Å². The van der Waals surface area contributed by atoms with Gasteiger partial charge in [0.05, 0.1) is 0 Å². The van der Waals surface area contributed by atoms with Gasteiger partial charge in [0.15, 0.2) is 5.69 Å². The smallest absolute Gasteiger partial charge is 0.274 e. The molecule has 0 bridgehead atoms. The summed E-state index contributed by atoms with van der Waals surface area (Å²) < 4.78 is 1.98. The van der Waals surface area contributed by atoms with E-state index in [9.17, 15) is 14.4 Å². The maximum atomic E-state index is 13.6. The van der Waals surface area contributed by atoms with Crippen LogP contribution in [0.15, 0.2) is 30.3 Å². The molecule has 2 aromatic rings. The Morgan fingerprint density at radius 1 is 1.06 bits per heavy atom. The highest BCUT2D eigenvalue weighted by Crippen LogP contribution is 2.58. The number of carbonyl (C=O) groups excluding carboxylic acids is 3. The molecule has 1 saturated carbocycles. The number of nitrogens with one attached hydrogen (secondary N) is 1. The summed E-state index contributed by atoms with van der Waals surface area (Å²) >= 11 is 0. The predicted octanol–water partition coefficient (Wildman–Crippen LogP) is 2.80. The number of benzene rings is 1. The van der Waals surface area contributed by atoms with E-state index in [0.29, 0.717) is 57.8 Å². The van der Waals surface area contributed by atoms with Crippen molar-refractivity contribution >= 4 is 17.7 Å². The van der Waals surface area contributed by atoms with Crippen LogP contribution in [0.25, 0.3) is 0 Å². The van der Waals surface area contributed by atoms with Gasteiger partial charge in [0.25, 0.3) is 5.91 Å². The lowest BCUT2D eigenvalue weighted by molar-refractivity contribution is -0.134. The molecule has 36 heavy (non-hydrogen) atoms. The van der Waals surface area contributed by atoms with E-state index >= 15 is 0 Å². The van der Waals surface area contributed by atoms with Crippen LogP contribution in [0.2, 0.25) is 0 Å². The zero-order valence-electron chi connectivity index (χ0n) is 21.5. The number of hydrogen-bond acceptors (Lipinski definition) is 4. The molecule has 1 aromatic carbocycles. The van der Waals surface area contributed by atoms with Crippen LogP contribution in [0, 0.1) is 11.3 Å². The topological polar surface area (TPSA) is 87.5 Å². The summed E-state index contributed by atoms with van der Waals surface area (Å²) in [5.41, 5.74) is 3.77. The summed E-state index contributed by atoms with van der Waals surface area (Å²) in [6.45, 7) is 7.45. The summed E-state index contributed by atoms with van der Waals surface area (Å²) in [5, 5.41) is 7.66. The van der Waals surface area contributed by atoms with Crippen molar-refractivity contribution in [2.75, 3.05) is 26.2 Å². The van der Waals surface area contributed by atoms with Crippen LogP contribution < -0.4 is 5.32 Å². The van der Waals surface area contributed by atoms with Gasteiger partial charge in [-0.3, -0.25) is 19.1 Å². The number of rotatable bonds is 7. The molecule has 1 saturated heterocycles. The Balaban J connectivity index is 1.40. The van der Waals surface area contributed by atoms with E-state index in [1.807, 2.05) is 27.8 Å². The Hall–Kier alpha value is -3.16. The monoisotopic (exact) mass is 491 g/mol. The SMILES string of the molecule is CCC1(CC)C[C@@H]1C(=O)N1CCc2c(c(C(=O)N3CCNC(=O)CC3)nn2CCc2ccccc2)C1. The van der Waals surface area contributed by atoms with Crippen molar-refractivity contribution in [1.82, 2.24) is 24.9 Å². The molecule has 1 aliphatic carbocycles. The first-order chi connectivity index (χ1) is 17.5. The number of aromatic nitrogens is 2. The Morgan fingerprint density at radius 2 is 1.81 bits per heavy atom. The minimum atomic E-state index is -0.140. The first-order valence-electron chi connectivity index (χ1n) is 13.4. The molecule has 2 fully saturated rings. The zero-order valence-corrected chi connectivity index (χ0v) is 21.5. The van der Waals surface area contributed by atoms with Gasteiger partial charge >= 0.3 is 0 Å². The van der Waals surface area contributed by atoms with Crippen LogP contribution in [0.1, 0.15) is 66.8 Å². The molecule has 8 nitrogen and oxygen atoms in total. The van der Waals surface area contributed by atoms with Crippen molar-refractivity contribution in [1.29, 1.82) is 0 Å². The van der Waals surface area contributed by atoms with E-state index in [1.54, 1.807) is 4.90 Å². The van der Waals surface area contributed by atoms with Crippen molar-refractivity contribution in [2.45, 2.75) is 65.5 Å². The predicted molar refractivity (Wildman–Crippen MR) is 136 cm³/mol. The molecule has 3 heterocycles. The summed E-state index contributed by atoms with van der Waals surface area (Å²) in [4.78, 5) is 42.6. The van der Waals surface area contributed by atoms with Gasteiger partial charge in [0.1, 0.15) is 0 Å².